The quantitative estimate of drug-likeness (QED) is 0.449. The molecule has 2 saturated carbocycles. The van der Waals surface area contributed by atoms with E-state index in [0.29, 0.717) is 60.8 Å². The topological polar surface area (TPSA) is 119 Å². The normalized spacial score (nSPS) is 23.8. The van der Waals surface area contributed by atoms with E-state index >= 15 is 0 Å². The van der Waals surface area contributed by atoms with Gasteiger partial charge in [0.2, 0.25) is 8.32 Å². The molecule has 0 aromatic carbocycles. The number of hydrogen-bond donors (Lipinski definition) is 1. The van der Waals surface area contributed by atoms with Crippen molar-refractivity contribution in [2.24, 2.45) is 7.05 Å². The van der Waals surface area contributed by atoms with E-state index in [2.05, 4.69) is 46.6 Å². The molecule has 3 aliphatic rings. The highest BCUT2D eigenvalue weighted by molar-refractivity contribution is 7.93. The monoisotopic (exact) mass is 539 g/mol. The molecule has 2 aliphatic carbocycles. The van der Waals surface area contributed by atoms with Crippen LogP contribution in [0.2, 0.25) is 16.6 Å². The lowest BCUT2D eigenvalue weighted by atomic mass is 9.96. The second-order valence-corrected chi connectivity index (χ2v) is 20.0. The van der Waals surface area contributed by atoms with Gasteiger partial charge in [0.25, 0.3) is 5.91 Å². The highest BCUT2D eigenvalue weighted by atomic mass is 32.2. The number of aromatic nitrogens is 2. The molecule has 1 amide bonds. The smallest absolute Gasteiger partial charge is 0.356 e. The standard InChI is InChI=1S/C25H41N3O6SSi/c1-15(2)36(16(3)4,17(5)6)34-18-12-19(13-18)35(32,33)25(9-10-25)14-28-11-8-20-21(24(30)31)26-27(7)22(20)23(28)29/h15-19H,8-14H2,1-7H3,(H,30,31)/t18-,19-. The van der Waals surface area contributed by atoms with Crippen LogP contribution in [0.3, 0.4) is 0 Å². The number of rotatable bonds is 10. The Bertz CT molecular complexity index is 1130. The summed E-state index contributed by atoms with van der Waals surface area (Å²) < 4.78 is 34.7. The summed E-state index contributed by atoms with van der Waals surface area (Å²) >= 11 is 0. The molecular formula is C25H41N3O6SSi. The molecule has 1 aromatic rings. The molecule has 1 N–H and O–H groups in total. The molecule has 0 atom stereocenters. The van der Waals surface area contributed by atoms with Crippen molar-refractivity contribution < 1.29 is 27.5 Å². The summed E-state index contributed by atoms with van der Waals surface area (Å²) in [6, 6.07) is 0. The van der Waals surface area contributed by atoms with Gasteiger partial charge in [0, 0.05) is 31.8 Å². The molecule has 11 heteroatoms. The first-order valence-electron chi connectivity index (χ1n) is 13.2. The first-order valence-corrected chi connectivity index (χ1v) is 16.9. The number of aromatic carboxylic acids is 1. The maximum Gasteiger partial charge on any atom is 0.356 e. The van der Waals surface area contributed by atoms with Crippen molar-refractivity contribution in [3.8, 4) is 0 Å². The Labute approximate surface area is 215 Å². The summed E-state index contributed by atoms with van der Waals surface area (Å²) in [5, 5.41) is 13.0. The van der Waals surface area contributed by atoms with Crippen LogP contribution in [0.4, 0.5) is 0 Å². The van der Waals surface area contributed by atoms with Gasteiger partial charge < -0.3 is 14.4 Å². The third kappa shape index (κ3) is 4.15. The molecule has 1 aliphatic heterocycles. The van der Waals surface area contributed by atoms with Crippen LogP contribution in [0.15, 0.2) is 0 Å². The van der Waals surface area contributed by atoms with Gasteiger partial charge in [-0.05, 0) is 48.7 Å². The van der Waals surface area contributed by atoms with E-state index in [1.54, 1.807) is 11.9 Å². The van der Waals surface area contributed by atoms with Crippen molar-refractivity contribution in [3.05, 3.63) is 17.0 Å². The first-order chi connectivity index (χ1) is 16.7. The minimum atomic E-state index is -3.43. The molecule has 4 rings (SSSR count). The number of carbonyl (C=O) groups excluding carboxylic acids is 1. The van der Waals surface area contributed by atoms with Gasteiger partial charge in [-0.1, -0.05) is 41.5 Å². The molecule has 0 saturated heterocycles. The van der Waals surface area contributed by atoms with Gasteiger partial charge in [-0.3, -0.25) is 9.48 Å². The number of fused-ring (bicyclic) bond motifs is 1. The number of sulfone groups is 1. The molecule has 1 aromatic heterocycles. The van der Waals surface area contributed by atoms with Crippen molar-refractivity contribution in [2.75, 3.05) is 13.1 Å². The van der Waals surface area contributed by atoms with Crippen LogP contribution in [0, 0.1) is 0 Å². The van der Waals surface area contributed by atoms with Gasteiger partial charge in [0.15, 0.2) is 15.5 Å². The van der Waals surface area contributed by atoms with Crippen molar-refractivity contribution in [1.29, 1.82) is 0 Å². The van der Waals surface area contributed by atoms with Gasteiger partial charge >= 0.3 is 5.97 Å². The lowest BCUT2D eigenvalue weighted by Gasteiger charge is -2.48. The number of hydrogen-bond acceptors (Lipinski definition) is 6. The van der Waals surface area contributed by atoms with E-state index in [1.165, 1.54) is 4.68 Å². The molecule has 2 fully saturated rings. The van der Waals surface area contributed by atoms with Crippen LogP contribution in [0.25, 0.3) is 0 Å². The van der Waals surface area contributed by atoms with E-state index in [0.717, 1.165) is 0 Å². The van der Waals surface area contributed by atoms with Crippen molar-refractivity contribution in [1.82, 2.24) is 14.7 Å². The van der Waals surface area contributed by atoms with E-state index < -0.39 is 34.1 Å². The third-order valence-corrected chi connectivity index (χ3v) is 18.1. The molecule has 0 unspecified atom stereocenters. The Kier molecular flexibility index (Phi) is 7.01. The SMILES string of the molecule is CC(C)[Si](O[C@H]1C[C@H](S(=O)(=O)C2(CN3CCc4c(C(=O)O)nn(C)c4C3=O)CC2)C1)(C(C)C)C(C)C. The molecule has 36 heavy (non-hydrogen) atoms. The zero-order chi connectivity index (χ0) is 26.8. The zero-order valence-electron chi connectivity index (χ0n) is 22.6. The molecule has 9 nitrogen and oxygen atoms in total. The number of aryl methyl sites for hydroxylation is 1. The van der Waals surface area contributed by atoms with Crippen LogP contribution in [0.1, 0.15) is 93.8 Å². The van der Waals surface area contributed by atoms with Crippen LogP contribution in [-0.2, 0) is 27.7 Å². The summed E-state index contributed by atoms with van der Waals surface area (Å²) in [4.78, 5) is 26.3. The number of carbonyl (C=O) groups is 2. The van der Waals surface area contributed by atoms with Gasteiger partial charge in [-0.25, -0.2) is 13.2 Å². The first kappa shape index (κ1) is 27.3. The van der Waals surface area contributed by atoms with E-state index in [9.17, 15) is 23.1 Å². The highest BCUT2D eigenvalue weighted by Crippen LogP contribution is 2.52. The zero-order valence-corrected chi connectivity index (χ0v) is 24.4. The maximum atomic E-state index is 13.7. The highest BCUT2D eigenvalue weighted by Gasteiger charge is 2.61. The second-order valence-electron chi connectivity index (χ2n) is 12.0. The summed E-state index contributed by atoms with van der Waals surface area (Å²) in [7, 11) is -3.94. The predicted molar refractivity (Wildman–Crippen MR) is 140 cm³/mol. The maximum absolute atomic E-state index is 13.7. The predicted octanol–water partition coefficient (Wildman–Crippen LogP) is 3.79. The van der Waals surface area contributed by atoms with Gasteiger partial charge in [0.1, 0.15) is 5.69 Å². The van der Waals surface area contributed by atoms with Crippen molar-refractivity contribution in [3.63, 3.8) is 0 Å². The number of nitrogens with zero attached hydrogens (tertiary/aromatic N) is 3. The van der Waals surface area contributed by atoms with Crippen molar-refractivity contribution >= 4 is 30.0 Å². The Hall–Kier alpha value is -1.72. The Balaban J connectivity index is 1.45. The lowest BCUT2D eigenvalue weighted by molar-refractivity contribution is 0.0688. The Morgan fingerprint density at radius 1 is 1.14 bits per heavy atom. The summed E-state index contributed by atoms with van der Waals surface area (Å²) in [5.41, 5.74) is 1.94. The fourth-order valence-corrected chi connectivity index (χ4v) is 15.1. The van der Waals surface area contributed by atoms with Crippen molar-refractivity contribution in [2.45, 2.75) is 106 Å². The van der Waals surface area contributed by atoms with Crippen LogP contribution < -0.4 is 0 Å². The summed E-state index contributed by atoms with van der Waals surface area (Å²) in [6.45, 7) is 13.9. The van der Waals surface area contributed by atoms with E-state index in [4.69, 9.17) is 4.43 Å². The van der Waals surface area contributed by atoms with E-state index in [1.807, 2.05) is 0 Å². The summed E-state index contributed by atoms with van der Waals surface area (Å²) in [5.74, 6) is -1.49. The minimum absolute atomic E-state index is 0.0116. The molecule has 0 spiro atoms. The summed E-state index contributed by atoms with van der Waals surface area (Å²) in [6.07, 6.45) is 2.53. The van der Waals surface area contributed by atoms with E-state index in [-0.39, 0.29) is 29.9 Å². The average molecular weight is 540 g/mol. The number of carboxylic acids is 1. The second kappa shape index (κ2) is 9.23. The van der Waals surface area contributed by atoms with Crippen LogP contribution in [0.5, 0.6) is 0 Å². The minimum Gasteiger partial charge on any atom is -0.476 e. The van der Waals surface area contributed by atoms with Gasteiger partial charge in [-0.15, -0.1) is 0 Å². The van der Waals surface area contributed by atoms with Gasteiger partial charge in [-0.2, -0.15) is 5.10 Å². The molecule has 0 radical (unpaired) electrons. The fourth-order valence-electron chi connectivity index (χ4n) is 6.83. The molecule has 2 heterocycles. The fraction of sp³-hybridized carbons (Fsp3) is 0.800. The number of carboxylic acid groups (broad SMARTS) is 1. The number of amides is 1. The Morgan fingerprint density at radius 2 is 1.69 bits per heavy atom. The van der Waals surface area contributed by atoms with Gasteiger partial charge in [0.05, 0.1) is 10.00 Å². The molecule has 0 bridgehead atoms. The average Bonchev–Trinajstić information content (AvgIpc) is 3.45. The van der Waals surface area contributed by atoms with Crippen LogP contribution in [-0.4, -0.2) is 77.6 Å². The third-order valence-electron chi connectivity index (χ3n) is 8.93. The Morgan fingerprint density at radius 3 is 2.17 bits per heavy atom. The largest absolute Gasteiger partial charge is 0.476 e. The molecular weight excluding hydrogens is 498 g/mol. The lowest BCUT2D eigenvalue weighted by Crippen LogP contribution is -2.56. The van der Waals surface area contributed by atoms with Crippen LogP contribution >= 0.6 is 0 Å². The molecule has 202 valence electrons.